The van der Waals surface area contributed by atoms with E-state index in [0.717, 1.165) is 12.8 Å². The predicted octanol–water partition coefficient (Wildman–Crippen LogP) is 4.06. The normalized spacial score (nSPS) is 10.5. The number of hydrogen-bond acceptors (Lipinski definition) is 0. The maximum absolute atomic E-state index is 3.87. The van der Waals surface area contributed by atoms with E-state index in [1.807, 2.05) is 6.07 Å². The molecule has 0 nitrogen and oxygen atoms in total. The van der Waals surface area contributed by atoms with Crippen molar-refractivity contribution in [2.75, 3.05) is 0 Å². The molecular weight excluding hydrogens is 156 g/mol. The summed E-state index contributed by atoms with van der Waals surface area (Å²) in [6.45, 7) is 5.93. The van der Waals surface area contributed by atoms with Gasteiger partial charge in [-0.1, -0.05) is 48.1 Å². The van der Waals surface area contributed by atoms with E-state index in [2.05, 4.69) is 49.9 Å². The van der Waals surface area contributed by atoms with Crippen LogP contribution < -0.4 is 0 Å². The first-order valence-corrected chi connectivity index (χ1v) is 4.65. The summed E-state index contributed by atoms with van der Waals surface area (Å²) in [7, 11) is 0. The van der Waals surface area contributed by atoms with E-state index in [1.54, 1.807) is 0 Å². The minimum atomic E-state index is 1.09. The Morgan fingerprint density at radius 3 is 2.62 bits per heavy atom. The first kappa shape index (κ1) is 9.79. The van der Waals surface area contributed by atoms with Crippen molar-refractivity contribution < 1.29 is 0 Å². The van der Waals surface area contributed by atoms with Crippen molar-refractivity contribution >= 4 is 6.08 Å². The van der Waals surface area contributed by atoms with Crippen LogP contribution in [0, 0.1) is 0 Å². The Kier molecular flexibility index (Phi) is 4.04. The molecule has 0 N–H and O–H groups in total. The fraction of sp³-hybridized carbons (Fsp3) is 0.231. The molecule has 68 valence electrons. The zero-order valence-electron chi connectivity index (χ0n) is 8.16. The van der Waals surface area contributed by atoms with Crippen LogP contribution in [0.25, 0.3) is 6.08 Å². The fourth-order valence-corrected chi connectivity index (χ4v) is 1.11. The molecule has 1 aromatic rings. The van der Waals surface area contributed by atoms with Crippen molar-refractivity contribution in [1.29, 1.82) is 0 Å². The Balaban J connectivity index is 2.37. The molecule has 0 aliphatic rings. The molecule has 0 spiro atoms. The van der Waals surface area contributed by atoms with E-state index in [0.29, 0.717) is 0 Å². The molecule has 0 heterocycles. The number of hydrogen-bond donors (Lipinski definition) is 0. The topological polar surface area (TPSA) is 0 Å². The minimum absolute atomic E-state index is 1.09. The summed E-state index contributed by atoms with van der Waals surface area (Å²) in [5.41, 5.74) is 2.52. The van der Waals surface area contributed by atoms with Crippen molar-refractivity contribution in [3.05, 3.63) is 54.1 Å². The third kappa shape index (κ3) is 4.32. The summed E-state index contributed by atoms with van der Waals surface area (Å²) < 4.78 is 0. The lowest BCUT2D eigenvalue weighted by molar-refractivity contribution is 0.987. The van der Waals surface area contributed by atoms with Crippen molar-refractivity contribution in [2.45, 2.75) is 19.8 Å². The third-order valence-corrected chi connectivity index (χ3v) is 1.85. The van der Waals surface area contributed by atoms with Gasteiger partial charge in [0.05, 0.1) is 0 Å². The SMILES string of the molecule is C=C(C)CCC=Cc1ccccc1. The number of rotatable bonds is 4. The van der Waals surface area contributed by atoms with Gasteiger partial charge in [0, 0.05) is 0 Å². The molecule has 0 aromatic heterocycles. The van der Waals surface area contributed by atoms with Crippen LogP contribution in [-0.2, 0) is 0 Å². The Morgan fingerprint density at radius 1 is 1.31 bits per heavy atom. The summed E-state index contributed by atoms with van der Waals surface area (Å²) >= 11 is 0. The highest BCUT2D eigenvalue weighted by molar-refractivity contribution is 5.48. The van der Waals surface area contributed by atoms with Gasteiger partial charge in [0.2, 0.25) is 0 Å². The van der Waals surface area contributed by atoms with Gasteiger partial charge in [0.1, 0.15) is 0 Å². The molecule has 0 saturated heterocycles. The monoisotopic (exact) mass is 172 g/mol. The van der Waals surface area contributed by atoms with Crippen LogP contribution in [0.2, 0.25) is 0 Å². The highest BCUT2D eigenvalue weighted by Gasteiger charge is 1.84. The van der Waals surface area contributed by atoms with Gasteiger partial charge in [-0.25, -0.2) is 0 Å². The Hall–Kier alpha value is -1.30. The summed E-state index contributed by atoms with van der Waals surface area (Å²) in [5, 5.41) is 0. The van der Waals surface area contributed by atoms with Gasteiger partial charge >= 0.3 is 0 Å². The van der Waals surface area contributed by atoms with Crippen LogP contribution in [-0.4, -0.2) is 0 Å². The van der Waals surface area contributed by atoms with Crippen molar-refractivity contribution in [1.82, 2.24) is 0 Å². The molecule has 1 rings (SSSR count). The molecule has 0 saturated carbocycles. The van der Waals surface area contributed by atoms with Crippen LogP contribution in [0.5, 0.6) is 0 Å². The molecule has 0 aliphatic heterocycles. The molecule has 0 amide bonds. The zero-order chi connectivity index (χ0) is 9.52. The van der Waals surface area contributed by atoms with Crippen LogP contribution in [0.4, 0.5) is 0 Å². The van der Waals surface area contributed by atoms with Crippen LogP contribution in [0.15, 0.2) is 48.6 Å². The Morgan fingerprint density at radius 2 is 2.00 bits per heavy atom. The Labute approximate surface area is 80.6 Å². The molecule has 0 aliphatic carbocycles. The summed E-state index contributed by atoms with van der Waals surface area (Å²) in [6.07, 6.45) is 6.53. The van der Waals surface area contributed by atoms with E-state index in [4.69, 9.17) is 0 Å². The van der Waals surface area contributed by atoms with Gasteiger partial charge in [0.25, 0.3) is 0 Å². The van der Waals surface area contributed by atoms with Gasteiger partial charge in [-0.2, -0.15) is 0 Å². The minimum Gasteiger partial charge on any atom is -0.100 e. The molecule has 13 heavy (non-hydrogen) atoms. The maximum atomic E-state index is 3.87. The van der Waals surface area contributed by atoms with Crippen LogP contribution in [0.1, 0.15) is 25.3 Å². The molecule has 0 unspecified atom stereocenters. The maximum Gasteiger partial charge on any atom is -0.0260 e. The number of benzene rings is 1. The Bertz CT molecular complexity index is 280. The van der Waals surface area contributed by atoms with Crippen LogP contribution >= 0.6 is 0 Å². The van der Waals surface area contributed by atoms with E-state index in [-0.39, 0.29) is 0 Å². The largest absolute Gasteiger partial charge is 0.100 e. The lowest BCUT2D eigenvalue weighted by atomic mass is 10.1. The summed E-state index contributed by atoms with van der Waals surface area (Å²) in [6, 6.07) is 10.4. The quantitative estimate of drug-likeness (QED) is 0.601. The fourth-order valence-electron chi connectivity index (χ4n) is 1.11. The highest BCUT2D eigenvalue weighted by Crippen LogP contribution is 2.05. The second-order valence-electron chi connectivity index (χ2n) is 3.31. The second-order valence-corrected chi connectivity index (χ2v) is 3.31. The van der Waals surface area contributed by atoms with Gasteiger partial charge in [-0.15, -0.1) is 6.58 Å². The zero-order valence-corrected chi connectivity index (χ0v) is 8.16. The highest BCUT2D eigenvalue weighted by atomic mass is 13.9. The predicted molar refractivity (Wildman–Crippen MR) is 59.5 cm³/mol. The average molecular weight is 172 g/mol. The smallest absolute Gasteiger partial charge is 0.0260 e. The van der Waals surface area contributed by atoms with E-state index < -0.39 is 0 Å². The van der Waals surface area contributed by atoms with Gasteiger partial charge in [-0.05, 0) is 25.3 Å². The summed E-state index contributed by atoms with van der Waals surface area (Å²) in [5.74, 6) is 0. The molecule has 0 fully saturated rings. The molecule has 0 bridgehead atoms. The van der Waals surface area contributed by atoms with Crippen molar-refractivity contribution in [3.63, 3.8) is 0 Å². The lowest BCUT2D eigenvalue weighted by Crippen LogP contribution is -1.72. The van der Waals surface area contributed by atoms with Gasteiger partial charge < -0.3 is 0 Å². The second kappa shape index (κ2) is 5.36. The van der Waals surface area contributed by atoms with Gasteiger partial charge in [-0.3, -0.25) is 0 Å². The van der Waals surface area contributed by atoms with Crippen molar-refractivity contribution in [2.24, 2.45) is 0 Å². The standard InChI is InChI=1S/C13H16/c1-12(2)8-6-7-11-13-9-4-3-5-10-13/h3-5,7,9-11H,1,6,8H2,2H3. The molecule has 0 heteroatoms. The van der Waals surface area contributed by atoms with Crippen LogP contribution in [0.3, 0.4) is 0 Å². The summed E-state index contributed by atoms with van der Waals surface area (Å²) in [4.78, 5) is 0. The lowest BCUT2D eigenvalue weighted by Gasteiger charge is -1.93. The third-order valence-electron chi connectivity index (χ3n) is 1.85. The number of allylic oxidation sites excluding steroid dienone is 2. The average Bonchev–Trinajstić information content (AvgIpc) is 2.14. The molecule has 0 radical (unpaired) electrons. The first-order valence-electron chi connectivity index (χ1n) is 4.65. The first-order chi connectivity index (χ1) is 6.29. The van der Waals surface area contributed by atoms with Crippen molar-refractivity contribution in [3.8, 4) is 0 Å². The molecule has 1 aromatic carbocycles. The molecule has 0 atom stereocenters. The van der Waals surface area contributed by atoms with Gasteiger partial charge in [0.15, 0.2) is 0 Å². The molecular formula is C13H16. The van der Waals surface area contributed by atoms with E-state index >= 15 is 0 Å². The van der Waals surface area contributed by atoms with E-state index in [1.165, 1.54) is 11.1 Å². The van der Waals surface area contributed by atoms with E-state index in [9.17, 15) is 0 Å².